The second kappa shape index (κ2) is 8.29. The molecule has 0 aliphatic rings. The van der Waals surface area contributed by atoms with Gasteiger partial charge >= 0.3 is 28.1 Å². The highest BCUT2D eigenvalue weighted by Crippen LogP contribution is 2.21. The minimum absolute atomic E-state index is 0.112. The van der Waals surface area contributed by atoms with E-state index in [1.165, 1.54) is 0 Å². The van der Waals surface area contributed by atoms with Gasteiger partial charge in [-0.2, -0.15) is 0 Å². The Morgan fingerprint density at radius 2 is 1.19 bits per heavy atom. The number of hydrogen-bond acceptors (Lipinski definition) is 3. The van der Waals surface area contributed by atoms with E-state index in [0.29, 0.717) is 0 Å². The third-order valence-corrected chi connectivity index (χ3v) is 9.04. The lowest BCUT2D eigenvalue weighted by molar-refractivity contribution is 0.00696. The third-order valence-electron chi connectivity index (χ3n) is 1.65. The van der Waals surface area contributed by atoms with E-state index in [2.05, 4.69) is 0 Å². The van der Waals surface area contributed by atoms with E-state index in [4.69, 9.17) is 22.3 Å². The van der Waals surface area contributed by atoms with Crippen molar-refractivity contribution in [3.63, 3.8) is 0 Å². The summed E-state index contributed by atoms with van der Waals surface area (Å²) in [5.74, 6) is 0. The van der Waals surface area contributed by atoms with Crippen LogP contribution in [0.3, 0.4) is 0 Å². The summed E-state index contributed by atoms with van der Waals surface area (Å²) >= 11 is -0.660. The zero-order valence-corrected chi connectivity index (χ0v) is 14.4. The largest absolute Gasteiger partial charge is 0.506 e. The standard InChI is InChI=1S/C10H23O3Si.ClH.Mg/c1-8(2)11-14(7,12-9(3)4)13-10(5)6;;/h8-10H,7H2,1-6H3;1H;/q;;+1/p-1. The van der Waals surface area contributed by atoms with Crippen molar-refractivity contribution in [1.29, 1.82) is 0 Å². The summed E-state index contributed by atoms with van der Waals surface area (Å²) in [6.45, 7) is 12.0. The molecule has 0 atom stereocenters. The Bertz CT molecular complexity index is 164. The Morgan fingerprint density at radius 1 is 0.875 bits per heavy atom. The highest BCUT2D eigenvalue weighted by atomic mass is 35.5. The van der Waals surface area contributed by atoms with E-state index in [-0.39, 0.29) is 18.3 Å². The van der Waals surface area contributed by atoms with Gasteiger partial charge in [0.2, 0.25) is 0 Å². The first kappa shape index (κ1) is 17.2. The van der Waals surface area contributed by atoms with E-state index in [1.54, 1.807) is 0 Å². The fourth-order valence-corrected chi connectivity index (χ4v) is 8.20. The van der Waals surface area contributed by atoms with Crippen LogP contribution in [0.5, 0.6) is 0 Å². The molecule has 0 unspecified atom stereocenters. The van der Waals surface area contributed by atoms with Crippen LogP contribution in [0.15, 0.2) is 0 Å². The molecule has 0 heterocycles. The molecule has 0 aliphatic heterocycles. The topological polar surface area (TPSA) is 27.7 Å². The Balaban J connectivity index is 4.72. The van der Waals surface area contributed by atoms with Crippen LogP contribution < -0.4 is 0 Å². The molecule has 0 spiro atoms. The van der Waals surface area contributed by atoms with Crippen molar-refractivity contribution in [2.75, 3.05) is 0 Å². The Labute approximate surface area is 114 Å². The lowest BCUT2D eigenvalue weighted by Gasteiger charge is -2.34. The van der Waals surface area contributed by atoms with Crippen molar-refractivity contribution >= 4 is 37.1 Å². The first-order valence-corrected chi connectivity index (χ1v) is 11.0. The predicted molar refractivity (Wildman–Crippen MR) is 70.8 cm³/mol. The van der Waals surface area contributed by atoms with Crippen molar-refractivity contribution in [2.24, 2.45) is 0 Å². The molecule has 6 heteroatoms. The molecule has 0 rings (SSSR count). The quantitative estimate of drug-likeness (QED) is 0.639. The SMILES string of the molecule is CC(C)O[Si]([CH2][Mg][Cl])(OC(C)C)OC(C)C. The Hall–Kier alpha value is 1.15. The van der Waals surface area contributed by atoms with Crippen molar-refractivity contribution in [3.05, 3.63) is 0 Å². The summed E-state index contributed by atoms with van der Waals surface area (Å²) in [4.78, 5) is 0. The second-order valence-electron chi connectivity index (χ2n) is 4.62. The molecule has 0 bridgehead atoms. The maximum atomic E-state index is 5.97. The van der Waals surface area contributed by atoms with E-state index in [9.17, 15) is 0 Å². The number of hydrogen-bond donors (Lipinski definition) is 0. The maximum absolute atomic E-state index is 5.97. The normalized spacial score (nSPS) is 12.6. The molecule has 0 aromatic heterocycles. The lowest BCUT2D eigenvalue weighted by Crippen LogP contribution is -2.51. The average Bonchev–Trinajstić information content (AvgIpc) is 1.98. The van der Waals surface area contributed by atoms with Crippen LogP contribution in [0.2, 0.25) is 4.17 Å². The van der Waals surface area contributed by atoms with Crippen LogP contribution in [-0.2, 0) is 13.3 Å². The first-order valence-electron chi connectivity index (χ1n) is 5.90. The summed E-state index contributed by atoms with van der Waals surface area (Å²) in [5, 5.41) is 0. The zero-order chi connectivity index (χ0) is 12.8. The summed E-state index contributed by atoms with van der Waals surface area (Å²) in [6, 6.07) is 0. The highest BCUT2D eigenvalue weighted by molar-refractivity contribution is 6.99. The summed E-state index contributed by atoms with van der Waals surface area (Å²) < 4.78 is 18.6. The number of rotatable bonds is 8. The van der Waals surface area contributed by atoms with Crippen molar-refractivity contribution in [3.8, 4) is 0 Å². The van der Waals surface area contributed by atoms with Crippen LogP contribution in [0.1, 0.15) is 41.5 Å². The molecule has 3 nitrogen and oxygen atoms in total. The zero-order valence-electron chi connectivity index (χ0n) is 11.2. The molecular formula is C10H23ClMgO3Si. The van der Waals surface area contributed by atoms with Gasteiger partial charge in [0.15, 0.2) is 0 Å². The minimum Gasteiger partial charge on any atom is -0.372 e. The van der Waals surface area contributed by atoms with Gasteiger partial charge in [0.25, 0.3) is 0 Å². The Kier molecular flexibility index (Phi) is 8.89. The van der Waals surface area contributed by atoms with E-state index >= 15 is 0 Å². The Morgan fingerprint density at radius 3 is 1.38 bits per heavy atom. The highest BCUT2D eigenvalue weighted by Gasteiger charge is 2.43. The van der Waals surface area contributed by atoms with Gasteiger partial charge in [-0.3, -0.25) is 0 Å². The van der Waals surface area contributed by atoms with Gasteiger partial charge < -0.3 is 22.3 Å². The monoisotopic (exact) mass is 278 g/mol. The minimum atomic E-state index is -2.55. The predicted octanol–water partition coefficient (Wildman–Crippen LogP) is 3.02. The lowest BCUT2D eigenvalue weighted by atomic mass is 10.5. The fraction of sp³-hybridized carbons (Fsp3) is 1.00. The van der Waals surface area contributed by atoms with Crippen molar-refractivity contribution < 1.29 is 13.3 Å². The van der Waals surface area contributed by atoms with Gasteiger partial charge in [-0.1, -0.05) is 4.17 Å². The molecule has 0 radical (unpaired) electrons. The van der Waals surface area contributed by atoms with Crippen molar-refractivity contribution in [1.82, 2.24) is 0 Å². The van der Waals surface area contributed by atoms with Gasteiger partial charge in [-0.25, -0.2) is 0 Å². The van der Waals surface area contributed by atoms with Gasteiger partial charge in [0.1, 0.15) is 0 Å². The molecule has 0 saturated carbocycles. The van der Waals surface area contributed by atoms with Crippen LogP contribution in [0.25, 0.3) is 0 Å². The van der Waals surface area contributed by atoms with E-state index < -0.39 is 28.1 Å². The molecule has 94 valence electrons. The molecule has 0 amide bonds. The fourth-order valence-electron chi connectivity index (χ4n) is 1.45. The summed E-state index contributed by atoms with van der Waals surface area (Å²) in [5.41, 5.74) is 0. The molecule has 0 aliphatic carbocycles. The van der Waals surface area contributed by atoms with Gasteiger partial charge in [0, 0.05) is 18.3 Å². The van der Waals surface area contributed by atoms with Crippen LogP contribution in [-0.4, -0.2) is 46.4 Å². The van der Waals surface area contributed by atoms with Crippen LogP contribution in [0, 0.1) is 0 Å². The van der Waals surface area contributed by atoms with E-state index in [1.807, 2.05) is 41.5 Å². The average molecular weight is 279 g/mol. The maximum Gasteiger partial charge on any atom is 0.506 e. The summed E-state index contributed by atoms with van der Waals surface area (Å²) in [7, 11) is 3.41. The smallest absolute Gasteiger partial charge is 0.372 e. The molecule has 0 N–H and O–H groups in total. The van der Waals surface area contributed by atoms with E-state index in [0.717, 1.165) is 4.17 Å². The third kappa shape index (κ3) is 7.47. The number of halogens is 1. The molecule has 0 aromatic rings. The second-order valence-corrected chi connectivity index (χ2v) is 10.2. The molecular weight excluding hydrogens is 256 g/mol. The molecule has 16 heavy (non-hydrogen) atoms. The van der Waals surface area contributed by atoms with Crippen molar-refractivity contribution in [2.45, 2.75) is 64.0 Å². The van der Waals surface area contributed by atoms with Gasteiger partial charge in [-0.05, 0) is 41.5 Å². The van der Waals surface area contributed by atoms with Gasteiger partial charge in [0.05, 0.1) is 0 Å². The van der Waals surface area contributed by atoms with Gasteiger partial charge in [-0.15, -0.1) is 0 Å². The van der Waals surface area contributed by atoms with Crippen LogP contribution in [0.4, 0.5) is 0 Å². The molecule has 0 fully saturated rings. The molecule has 0 saturated heterocycles. The summed E-state index contributed by atoms with van der Waals surface area (Å²) in [6.07, 6.45) is 0.337. The molecule has 0 aromatic carbocycles. The first-order chi connectivity index (χ1) is 7.31. The van der Waals surface area contributed by atoms with Crippen LogP contribution >= 0.6 is 9.07 Å².